The Morgan fingerprint density at radius 1 is 1.42 bits per heavy atom. The van der Waals surface area contributed by atoms with Gasteiger partial charge in [-0.2, -0.15) is 0 Å². The standard InChI is InChI=1S/C14H21ClN2O2/c1-4-19-14(18)13(16-9-10-17(2)3)11-7-5-6-8-12(11)15/h5-8,13,16H,4,9-10H2,1-3H3. The predicted octanol–water partition coefficient (Wildman–Crippen LogP) is 2.10. The van der Waals surface area contributed by atoms with Crippen LogP contribution < -0.4 is 5.32 Å². The van der Waals surface area contributed by atoms with E-state index in [9.17, 15) is 4.79 Å². The maximum atomic E-state index is 12.0. The molecule has 19 heavy (non-hydrogen) atoms. The van der Waals surface area contributed by atoms with Gasteiger partial charge in [0.05, 0.1) is 6.61 Å². The van der Waals surface area contributed by atoms with Gasteiger partial charge in [-0.3, -0.25) is 5.32 Å². The van der Waals surface area contributed by atoms with Crippen molar-refractivity contribution in [2.24, 2.45) is 0 Å². The van der Waals surface area contributed by atoms with E-state index in [1.165, 1.54) is 0 Å². The van der Waals surface area contributed by atoms with Crippen LogP contribution in [0.5, 0.6) is 0 Å². The van der Waals surface area contributed by atoms with Crippen LogP contribution in [0.15, 0.2) is 24.3 Å². The lowest BCUT2D eigenvalue weighted by Gasteiger charge is -2.20. The summed E-state index contributed by atoms with van der Waals surface area (Å²) in [5.74, 6) is -0.297. The molecule has 0 aliphatic carbocycles. The quantitative estimate of drug-likeness (QED) is 0.779. The van der Waals surface area contributed by atoms with Gasteiger partial charge in [-0.05, 0) is 32.6 Å². The van der Waals surface area contributed by atoms with E-state index in [0.717, 1.165) is 12.1 Å². The molecule has 1 aromatic rings. The van der Waals surface area contributed by atoms with Crippen LogP contribution in [0, 0.1) is 0 Å². The summed E-state index contributed by atoms with van der Waals surface area (Å²) in [6, 6.07) is 6.80. The number of nitrogens with one attached hydrogen (secondary N) is 1. The van der Waals surface area contributed by atoms with E-state index in [4.69, 9.17) is 16.3 Å². The minimum atomic E-state index is -0.520. The van der Waals surface area contributed by atoms with Crippen molar-refractivity contribution in [1.82, 2.24) is 10.2 Å². The van der Waals surface area contributed by atoms with Crippen molar-refractivity contribution in [3.63, 3.8) is 0 Å². The van der Waals surface area contributed by atoms with Gasteiger partial charge < -0.3 is 9.64 Å². The van der Waals surface area contributed by atoms with Crippen LogP contribution in [0.3, 0.4) is 0 Å². The second kappa shape index (κ2) is 8.15. The van der Waals surface area contributed by atoms with Crippen molar-refractivity contribution in [2.45, 2.75) is 13.0 Å². The minimum absolute atomic E-state index is 0.297. The molecule has 0 amide bonds. The van der Waals surface area contributed by atoms with Crippen LogP contribution in [0.2, 0.25) is 5.02 Å². The molecule has 0 bridgehead atoms. The van der Waals surface area contributed by atoms with Crippen LogP contribution >= 0.6 is 11.6 Å². The fourth-order valence-corrected chi connectivity index (χ4v) is 1.93. The molecule has 0 aliphatic rings. The number of rotatable bonds is 7. The third-order valence-electron chi connectivity index (χ3n) is 2.65. The van der Waals surface area contributed by atoms with Crippen molar-refractivity contribution < 1.29 is 9.53 Å². The van der Waals surface area contributed by atoms with E-state index in [1.807, 2.05) is 37.2 Å². The first-order valence-corrected chi connectivity index (χ1v) is 6.73. The van der Waals surface area contributed by atoms with Gasteiger partial charge in [0.2, 0.25) is 0 Å². The molecular weight excluding hydrogens is 264 g/mol. The van der Waals surface area contributed by atoms with Gasteiger partial charge in [0.15, 0.2) is 0 Å². The normalized spacial score (nSPS) is 12.5. The lowest BCUT2D eigenvalue weighted by Crippen LogP contribution is -2.35. The van der Waals surface area contributed by atoms with Crippen LogP contribution in [-0.4, -0.2) is 44.7 Å². The highest BCUT2D eigenvalue weighted by Gasteiger charge is 2.23. The Balaban J connectivity index is 2.80. The molecule has 0 saturated heterocycles. The average molecular weight is 285 g/mol. The van der Waals surface area contributed by atoms with Gasteiger partial charge in [-0.15, -0.1) is 0 Å². The summed E-state index contributed by atoms with van der Waals surface area (Å²) in [6.07, 6.45) is 0. The number of likely N-dealkylation sites (N-methyl/N-ethyl adjacent to an activating group) is 1. The van der Waals surface area contributed by atoms with Crippen molar-refractivity contribution in [3.05, 3.63) is 34.9 Å². The van der Waals surface area contributed by atoms with Gasteiger partial charge in [0, 0.05) is 18.1 Å². The van der Waals surface area contributed by atoms with Crippen molar-refractivity contribution in [2.75, 3.05) is 33.8 Å². The van der Waals surface area contributed by atoms with E-state index in [2.05, 4.69) is 5.32 Å². The molecule has 5 heteroatoms. The largest absolute Gasteiger partial charge is 0.465 e. The first-order valence-electron chi connectivity index (χ1n) is 6.35. The predicted molar refractivity (Wildman–Crippen MR) is 77.4 cm³/mol. The monoisotopic (exact) mass is 284 g/mol. The Morgan fingerprint density at radius 3 is 2.68 bits per heavy atom. The van der Waals surface area contributed by atoms with Gasteiger partial charge in [-0.25, -0.2) is 4.79 Å². The lowest BCUT2D eigenvalue weighted by molar-refractivity contribution is -0.145. The van der Waals surface area contributed by atoms with Crippen LogP contribution in [-0.2, 0) is 9.53 Å². The first kappa shape index (κ1) is 16.0. The highest BCUT2D eigenvalue weighted by molar-refractivity contribution is 6.31. The Labute approximate surface area is 119 Å². The summed E-state index contributed by atoms with van der Waals surface area (Å²) in [7, 11) is 3.97. The lowest BCUT2D eigenvalue weighted by atomic mass is 10.1. The Kier molecular flexibility index (Phi) is 6.84. The average Bonchev–Trinajstić information content (AvgIpc) is 2.36. The summed E-state index contributed by atoms with van der Waals surface area (Å²) in [4.78, 5) is 14.1. The number of hydrogen-bond acceptors (Lipinski definition) is 4. The molecule has 1 atom stereocenters. The molecule has 0 aromatic heterocycles. The van der Waals surface area contributed by atoms with Gasteiger partial charge in [-0.1, -0.05) is 29.8 Å². The maximum absolute atomic E-state index is 12.0. The molecule has 0 heterocycles. The number of halogens is 1. The molecule has 0 spiro atoms. The zero-order valence-electron chi connectivity index (χ0n) is 11.6. The van der Waals surface area contributed by atoms with Gasteiger partial charge in [0.25, 0.3) is 0 Å². The van der Waals surface area contributed by atoms with E-state index >= 15 is 0 Å². The van der Waals surface area contributed by atoms with E-state index in [1.54, 1.807) is 13.0 Å². The van der Waals surface area contributed by atoms with E-state index < -0.39 is 6.04 Å². The zero-order valence-corrected chi connectivity index (χ0v) is 12.4. The summed E-state index contributed by atoms with van der Waals surface area (Å²) in [6.45, 7) is 3.67. The van der Waals surface area contributed by atoms with Crippen LogP contribution in [0.1, 0.15) is 18.5 Å². The summed E-state index contributed by atoms with van der Waals surface area (Å²) >= 11 is 6.15. The smallest absolute Gasteiger partial charge is 0.327 e. The fourth-order valence-electron chi connectivity index (χ4n) is 1.69. The van der Waals surface area contributed by atoms with E-state index in [-0.39, 0.29) is 5.97 Å². The van der Waals surface area contributed by atoms with E-state index in [0.29, 0.717) is 18.2 Å². The van der Waals surface area contributed by atoms with Gasteiger partial charge in [0.1, 0.15) is 6.04 Å². The van der Waals surface area contributed by atoms with Crippen molar-refractivity contribution in [1.29, 1.82) is 0 Å². The highest BCUT2D eigenvalue weighted by Crippen LogP contribution is 2.23. The molecule has 0 fully saturated rings. The number of benzene rings is 1. The summed E-state index contributed by atoms with van der Waals surface area (Å²) < 4.78 is 5.10. The van der Waals surface area contributed by atoms with Crippen LogP contribution in [0.25, 0.3) is 0 Å². The molecule has 1 unspecified atom stereocenters. The third-order valence-corrected chi connectivity index (χ3v) is 2.99. The number of esters is 1. The second-order valence-electron chi connectivity index (χ2n) is 4.46. The van der Waals surface area contributed by atoms with Gasteiger partial charge >= 0.3 is 5.97 Å². The topological polar surface area (TPSA) is 41.6 Å². The third kappa shape index (κ3) is 5.19. The molecule has 1 aromatic carbocycles. The number of carbonyl (C=O) groups excluding carboxylic acids is 1. The molecule has 1 rings (SSSR count). The number of nitrogens with zero attached hydrogens (tertiary/aromatic N) is 1. The Morgan fingerprint density at radius 2 is 2.11 bits per heavy atom. The maximum Gasteiger partial charge on any atom is 0.327 e. The Hall–Kier alpha value is -1.10. The molecular formula is C14H21ClN2O2. The van der Waals surface area contributed by atoms with Crippen LogP contribution in [0.4, 0.5) is 0 Å². The fraction of sp³-hybridized carbons (Fsp3) is 0.500. The minimum Gasteiger partial charge on any atom is -0.465 e. The molecule has 0 aliphatic heterocycles. The zero-order chi connectivity index (χ0) is 14.3. The number of hydrogen-bond donors (Lipinski definition) is 1. The van der Waals surface area contributed by atoms with Crippen molar-refractivity contribution >= 4 is 17.6 Å². The molecule has 1 N–H and O–H groups in total. The summed E-state index contributed by atoms with van der Waals surface area (Å²) in [5, 5.41) is 3.76. The molecule has 106 valence electrons. The molecule has 0 radical (unpaired) electrons. The van der Waals surface area contributed by atoms with Crippen molar-refractivity contribution in [3.8, 4) is 0 Å². The molecule has 0 saturated carbocycles. The SMILES string of the molecule is CCOC(=O)C(NCCN(C)C)c1ccccc1Cl. The highest BCUT2D eigenvalue weighted by atomic mass is 35.5. The first-order chi connectivity index (χ1) is 9.06. The second-order valence-corrected chi connectivity index (χ2v) is 4.87. The number of carbonyl (C=O) groups is 1. The number of ether oxygens (including phenoxy) is 1. The Bertz CT molecular complexity index is 410. The molecule has 4 nitrogen and oxygen atoms in total. The summed E-state index contributed by atoms with van der Waals surface area (Å²) in [5.41, 5.74) is 0.751.